The first kappa shape index (κ1) is 14.0. The number of hydrogen-bond acceptors (Lipinski definition) is 5. The molecule has 0 amide bonds. The van der Waals surface area contributed by atoms with Gasteiger partial charge in [-0.15, -0.1) is 5.10 Å². The van der Waals surface area contributed by atoms with Crippen LogP contribution in [0.25, 0.3) is 5.65 Å². The number of anilines is 3. The largest absolute Gasteiger partial charge is 0.382 e. The van der Waals surface area contributed by atoms with Crippen molar-refractivity contribution in [3.63, 3.8) is 0 Å². The van der Waals surface area contributed by atoms with Crippen molar-refractivity contribution in [2.24, 2.45) is 5.73 Å². The molecule has 0 radical (unpaired) electrons. The van der Waals surface area contributed by atoms with Crippen molar-refractivity contribution in [3.8, 4) is 0 Å². The van der Waals surface area contributed by atoms with Gasteiger partial charge >= 0.3 is 0 Å². The van der Waals surface area contributed by atoms with Gasteiger partial charge in [-0.2, -0.15) is 0 Å². The molecule has 5 N–H and O–H groups in total. The van der Waals surface area contributed by atoms with Crippen LogP contribution in [0.15, 0.2) is 42.7 Å². The summed E-state index contributed by atoms with van der Waals surface area (Å²) in [6, 6.07) is 10.3. The second-order valence-corrected chi connectivity index (χ2v) is 6.13. The van der Waals surface area contributed by atoms with Crippen LogP contribution < -0.4 is 16.8 Å². The fraction of sp³-hybridized carbons (Fsp3) is 0.294. The summed E-state index contributed by atoms with van der Waals surface area (Å²) in [5, 5.41) is 7.95. The summed E-state index contributed by atoms with van der Waals surface area (Å²) in [5.74, 6) is 0.874. The van der Waals surface area contributed by atoms with Crippen LogP contribution in [0.2, 0.25) is 0 Å². The third-order valence-corrected chi connectivity index (χ3v) is 4.53. The van der Waals surface area contributed by atoms with Crippen LogP contribution in [0.3, 0.4) is 0 Å². The Morgan fingerprint density at radius 3 is 2.74 bits per heavy atom. The Hall–Kier alpha value is -2.60. The zero-order valence-electron chi connectivity index (χ0n) is 12.8. The molecule has 3 aromatic rings. The lowest BCUT2D eigenvalue weighted by molar-refractivity contribution is 0.673. The Morgan fingerprint density at radius 1 is 1.17 bits per heavy atom. The van der Waals surface area contributed by atoms with E-state index in [0.29, 0.717) is 11.7 Å². The summed E-state index contributed by atoms with van der Waals surface area (Å²) in [5.41, 5.74) is 16.2. The minimum atomic E-state index is 0.236. The van der Waals surface area contributed by atoms with Gasteiger partial charge in [0, 0.05) is 29.7 Å². The SMILES string of the molecule is Nc1nn2ccnc2c(Nc2ccccc2)c1C1CCC(N)C1. The van der Waals surface area contributed by atoms with Crippen LogP contribution in [0.4, 0.5) is 17.2 Å². The maximum atomic E-state index is 6.29. The Bertz CT molecular complexity index is 826. The maximum Gasteiger partial charge on any atom is 0.177 e. The summed E-state index contributed by atoms with van der Waals surface area (Å²) >= 11 is 0. The van der Waals surface area contributed by atoms with Gasteiger partial charge in [0.2, 0.25) is 0 Å². The van der Waals surface area contributed by atoms with E-state index in [1.807, 2.05) is 36.5 Å². The quantitative estimate of drug-likeness (QED) is 0.691. The number of para-hydroxylation sites is 1. The molecule has 1 aliphatic rings. The van der Waals surface area contributed by atoms with Gasteiger partial charge < -0.3 is 16.8 Å². The molecule has 2 unspecified atom stereocenters. The number of benzene rings is 1. The average Bonchev–Trinajstić information content (AvgIpc) is 3.17. The normalized spacial score (nSPS) is 20.9. The summed E-state index contributed by atoms with van der Waals surface area (Å²) in [6.45, 7) is 0. The highest BCUT2D eigenvalue weighted by molar-refractivity contribution is 5.80. The number of hydrogen-bond donors (Lipinski definition) is 3. The zero-order chi connectivity index (χ0) is 15.8. The topological polar surface area (TPSA) is 94.3 Å². The molecule has 6 heteroatoms. The molecule has 1 saturated carbocycles. The molecule has 2 aromatic heterocycles. The second kappa shape index (κ2) is 5.55. The Kier molecular flexibility index (Phi) is 3.38. The number of nitrogen functional groups attached to an aromatic ring is 1. The molecule has 0 saturated heterocycles. The third kappa shape index (κ3) is 2.51. The second-order valence-electron chi connectivity index (χ2n) is 6.13. The molecule has 118 valence electrons. The van der Waals surface area contributed by atoms with Crippen molar-refractivity contribution < 1.29 is 0 Å². The standard InChI is InChI=1S/C17H20N6/c18-12-7-6-11(10-12)14-15(21-13-4-2-1-3-5-13)17-20-8-9-23(17)22-16(14)19/h1-5,8-9,11-12,21H,6-7,10,18H2,(H2,19,22). The van der Waals surface area contributed by atoms with Crippen LogP contribution >= 0.6 is 0 Å². The molecule has 1 aliphatic carbocycles. The van der Waals surface area contributed by atoms with Gasteiger partial charge in [0.05, 0.1) is 5.69 Å². The summed E-state index contributed by atoms with van der Waals surface area (Å²) in [7, 11) is 0. The molecule has 6 nitrogen and oxygen atoms in total. The van der Waals surface area contributed by atoms with Crippen LogP contribution in [0.5, 0.6) is 0 Å². The van der Waals surface area contributed by atoms with Crippen molar-refractivity contribution >= 4 is 22.8 Å². The third-order valence-electron chi connectivity index (χ3n) is 4.53. The Labute approximate surface area is 134 Å². The van der Waals surface area contributed by atoms with Crippen LogP contribution in [0.1, 0.15) is 30.7 Å². The Morgan fingerprint density at radius 2 is 2.00 bits per heavy atom. The molecule has 1 aromatic carbocycles. The molecule has 0 spiro atoms. The minimum Gasteiger partial charge on any atom is -0.382 e. The number of fused-ring (bicyclic) bond motifs is 1. The van der Waals surface area contributed by atoms with Gasteiger partial charge in [0.25, 0.3) is 0 Å². The van der Waals surface area contributed by atoms with E-state index in [1.165, 1.54) is 0 Å². The number of nitrogens with one attached hydrogen (secondary N) is 1. The predicted octanol–water partition coefficient (Wildman–Crippen LogP) is 2.65. The van der Waals surface area contributed by atoms with Crippen molar-refractivity contribution in [1.29, 1.82) is 0 Å². The molecule has 0 bridgehead atoms. The van der Waals surface area contributed by atoms with E-state index < -0.39 is 0 Å². The Balaban J connectivity index is 1.86. The minimum absolute atomic E-state index is 0.236. The molecular formula is C17H20N6. The van der Waals surface area contributed by atoms with E-state index in [2.05, 4.69) is 15.4 Å². The smallest absolute Gasteiger partial charge is 0.177 e. The van der Waals surface area contributed by atoms with Crippen LogP contribution in [0, 0.1) is 0 Å². The first-order valence-corrected chi connectivity index (χ1v) is 7.92. The van der Waals surface area contributed by atoms with E-state index in [1.54, 1.807) is 10.7 Å². The number of nitrogens with zero attached hydrogens (tertiary/aromatic N) is 3. The summed E-state index contributed by atoms with van der Waals surface area (Å²) in [4.78, 5) is 4.46. The van der Waals surface area contributed by atoms with Gasteiger partial charge in [0.1, 0.15) is 5.82 Å². The first-order valence-electron chi connectivity index (χ1n) is 7.92. The first-order chi connectivity index (χ1) is 11.2. The number of rotatable bonds is 3. The van der Waals surface area contributed by atoms with Gasteiger partial charge in [-0.25, -0.2) is 9.50 Å². The van der Waals surface area contributed by atoms with Gasteiger partial charge in [-0.05, 0) is 37.3 Å². The van der Waals surface area contributed by atoms with Crippen molar-refractivity contribution in [2.75, 3.05) is 11.1 Å². The van der Waals surface area contributed by atoms with Crippen LogP contribution in [-0.2, 0) is 0 Å². The summed E-state index contributed by atoms with van der Waals surface area (Å²) < 4.78 is 1.72. The van der Waals surface area contributed by atoms with Crippen molar-refractivity contribution in [2.45, 2.75) is 31.2 Å². The highest BCUT2D eigenvalue weighted by atomic mass is 15.3. The molecule has 23 heavy (non-hydrogen) atoms. The van der Waals surface area contributed by atoms with E-state index in [9.17, 15) is 0 Å². The molecule has 4 rings (SSSR count). The predicted molar refractivity (Wildman–Crippen MR) is 91.7 cm³/mol. The lowest BCUT2D eigenvalue weighted by atomic mass is 9.96. The van der Waals surface area contributed by atoms with E-state index >= 15 is 0 Å². The zero-order valence-corrected chi connectivity index (χ0v) is 12.8. The lowest BCUT2D eigenvalue weighted by Gasteiger charge is -2.19. The highest BCUT2D eigenvalue weighted by Crippen LogP contribution is 2.41. The van der Waals surface area contributed by atoms with E-state index in [0.717, 1.165) is 41.8 Å². The number of imidazole rings is 1. The summed E-state index contributed by atoms with van der Waals surface area (Å²) in [6.07, 6.45) is 6.54. The molecular weight excluding hydrogens is 288 g/mol. The van der Waals surface area contributed by atoms with Crippen LogP contribution in [-0.4, -0.2) is 20.6 Å². The molecule has 1 fully saturated rings. The highest BCUT2D eigenvalue weighted by Gasteiger charge is 2.29. The fourth-order valence-electron chi connectivity index (χ4n) is 3.46. The van der Waals surface area contributed by atoms with Gasteiger partial charge in [-0.1, -0.05) is 18.2 Å². The average molecular weight is 308 g/mol. The van der Waals surface area contributed by atoms with E-state index in [4.69, 9.17) is 11.5 Å². The fourth-order valence-corrected chi connectivity index (χ4v) is 3.46. The van der Waals surface area contributed by atoms with Gasteiger partial charge in [-0.3, -0.25) is 0 Å². The monoisotopic (exact) mass is 308 g/mol. The molecule has 2 atom stereocenters. The molecule has 0 aliphatic heterocycles. The number of aromatic nitrogens is 3. The molecule has 2 heterocycles. The van der Waals surface area contributed by atoms with Crippen molar-refractivity contribution in [1.82, 2.24) is 14.6 Å². The van der Waals surface area contributed by atoms with Gasteiger partial charge in [0.15, 0.2) is 5.65 Å². The lowest BCUT2D eigenvalue weighted by Crippen LogP contribution is -2.16. The van der Waals surface area contributed by atoms with E-state index in [-0.39, 0.29) is 6.04 Å². The van der Waals surface area contributed by atoms with Crippen molar-refractivity contribution in [3.05, 3.63) is 48.3 Å². The maximum absolute atomic E-state index is 6.29. The number of nitrogens with two attached hydrogens (primary N) is 2.